The summed E-state index contributed by atoms with van der Waals surface area (Å²) in [6.45, 7) is 2.85. The second-order valence-corrected chi connectivity index (χ2v) is 6.03. The highest BCUT2D eigenvalue weighted by molar-refractivity contribution is 7.10. The van der Waals surface area contributed by atoms with Crippen LogP contribution in [0.3, 0.4) is 0 Å². The van der Waals surface area contributed by atoms with Crippen molar-refractivity contribution in [3.8, 4) is 0 Å². The van der Waals surface area contributed by atoms with Gasteiger partial charge in [0.15, 0.2) is 0 Å². The minimum Gasteiger partial charge on any atom is -0.367 e. The SMILES string of the molecule is CC(c1cccs1)N(C)c1ccc(Cl)cc1CCN. The molecular formula is C15H19ClN2S. The van der Waals surface area contributed by atoms with Gasteiger partial charge in [0.25, 0.3) is 0 Å². The maximum absolute atomic E-state index is 6.08. The van der Waals surface area contributed by atoms with Gasteiger partial charge in [-0.05, 0) is 55.1 Å². The zero-order valence-corrected chi connectivity index (χ0v) is 12.8. The number of halogens is 1. The quantitative estimate of drug-likeness (QED) is 0.899. The van der Waals surface area contributed by atoms with E-state index in [0.29, 0.717) is 12.6 Å². The van der Waals surface area contributed by atoms with Crippen LogP contribution in [0.1, 0.15) is 23.4 Å². The average molecular weight is 295 g/mol. The summed E-state index contributed by atoms with van der Waals surface area (Å²) in [6.07, 6.45) is 0.845. The molecular weight excluding hydrogens is 276 g/mol. The number of hydrogen-bond acceptors (Lipinski definition) is 3. The van der Waals surface area contributed by atoms with Gasteiger partial charge in [-0.3, -0.25) is 0 Å². The number of hydrogen-bond donors (Lipinski definition) is 1. The monoisotopic (exact) mass is 294 g/mol. The van der Waals surface area contributed by atoms with Gasteiger partial charge in [0.05, 0.1) is 6.04 Å². The highest BCUT2D eigenvalue weighted by Crippen LogP contribution is 2.31. The largest absolute Gasteiger partial charge is 0.367 e. The van der Waals surface area contributed by atoms with Crippen LogP contribution in [0.2, 0.25) is 5.02 Å². The Balaban J connectivity index is 2.30. The number of benzene rings is 1. The Hall–Kier alpha value is -1.03. The Morgan fingerprint density at radius 1 is 1.37 bits per heavy atom. The second-order valence-electron chi connectivity index (χ2n) is 4.61. The van der Waals surface area contributed by atoms with Crippen LogP contribution in [0.15, 0.2) is 35.7 Å². The first kappa shape index (κ1) is 14.4. The molecule has 1 aromatic carbocycles. The molecule has 0 bridgehead atoms. The Bertz CT molecular complexity index is 525. The molecule has 0 fully saturated rings. The van der Waals surface area contributed by atoms with Crippen molar-refractivity contribution in [2.75, 3.05) is 18.5 Å². The standard InChI is InChI=1S/C15H19ClN2S/c1-11(15-4-3-9-19-15)18(2)14-6-5-13(16)10-12(14)7-8-17/h3-6,9-11H,7-8,17H2,1-2H3. The van der Waals surface area contributed by atoms with Crippen LogP contribution < -0.4 is 10.6 Å². The van der Waals surface area contributed by atoms with Gasteiger partial charge in [-0.15, -0.1) is 11.3 Å². The fourth-order valence-electron chi connectivity index (χ4n) is 2.18. The summed E-state index contributed by atoms with van der Waals surface area (Å²) >= 11 is 7.86. The summed E-state index contributed by atoms with van der Waals surface area (Å²) < 4.78 is 0. The summed E-state index contributed by atoms with van der Waals surface area (Å²) in [7, 11) is 2.12. The van der Waals surface area contributed by atoms with E-state index >= 15 is 0 Å². The molecule has 2 aromatic rings. The maximum atomic E-state index is 6.08. The lowest BCUT2D eigenvalue weighted by Gasteiger charge is -2.28. The second kappa shape index (κ2) is 6.42. The molecule has 19 heavy (non-hydrogen) atoms. The first-order chi connectivity index (χ1) is 9.13. The molecule has 0 aliphatic rings. The highest BCUT2D eigenvalue weighted by Gasteiger charge is 2.16. The molecule has 0 saturated carbocycles. The lowest BCUT2D eigenvalue weighted by atomic mass is 10.1. The van der Waals surface area contributed by atoms with E-state index in [1.54, 1.807) is 11.3 Å². The smallest absolute Gasteiger partial charge is 0.0603 e. The van der Waals surface area contributed by atoms with Gasteiger partial charge in [0.1, 0.15) is 0 Å². The fourth-order valence-corrected chi connectivity index (χ4v) is 3.20. The van der Waals surface area contributed by atoms with E-state index < -0.39 is 0 Å². The molecule has 2 rings (SSSR count). The Morgan fingerprint density at radius 3 is 2.79 bits per heavy atom. The van der Waals surface area contributed by atoms with Gasteiger partial charge in [-0.1, -0.05) is 17.7 Å². The number of thiophene rings is 1. The van der Waals surface area contributed by atoms with E-state index in [0.717, 1.165) is 11.4 Å². The predicted octanol–water partition coefficient (Wildman–Crippen LogP) is 4.10. The van der Waals surface area contributed by atoms with Crippen LogP contribution in [-0.2, 0) is 6.42 Å². The first-order valence-electron chi connectivity index (χ1n) is 6.38. The molecule has 2 nitrogen and oxygen atoms in total. The third-order valence-electron chi connectivity index (χ3n) is 3.37. The number of rotatable bonds is 5. The van der Waals surface area contributed by atoms with Crippen LogP contribution in [0.25, 0.3) is 0 Å². The Morgan fingerprint density at radius 2 is 2.16 bits per heavy atom. The first-order valence-corrected chi connectivity index (χ1v) is 7.64. The van der Waals surface area contributed by atoms with E-state index in [9.17, 15) is 0 Å². The van der Waals surface area contributed by atoms with Crippen LogP contribution in [0, 0.1) is 0 Å². The van der Waals surface area contributed by atoms with Crippen molar-refractivity contribution in [1.29, 1.82) is 0 Å². The molecule has 0 spiro atoms. The van der Waals surface area contributed by atoms with Crippen molar-refractivity contribution < 1.29 is 0 Å². The topological polar surface area (TPSA) is 29.3 Å². The summed E-state index contributed by atoms with van der Waals surface area (Å²) in [5, 5.41) is 2.88. The van der Waals surface area contributed by atoms with Gasteiger partial charge >= 0.3 is 0 Å². The maximum Gasteiger partial charge on any atom is 0.0603 e. The van der Waals surface area contributed by atoms with E-state index in [-0.39, 0.29) is 0 Å². The van der Waals surface area contributed by atoms with Crippen LogP contribution in [0.5, 0.6) is 0 Å². The minimum atomic E-state index is 0.345. The third kappa shape index (κ3) is 3.30. The van der Waals surface area contributed by atoms with Crippen molar-refractivity contribution in [2.45, 2.75) is 19.4 Å². The number of anilines is 1. The molecule has 0 saturated heterocycles. The Kier molecular flexibility index (Phi) is 4.86. The summed E-state index contributed by atoms with van der Waals surface area (Å²) in [4.78, 5) is 3.64. The Labute approximate surface area is 123 Å². The van der Waals surface area contributed by atoms with Crippen LogP contribution in [0.4, 0.5) is 5.69 Å². The number of nitrogens with zero attached hydrogens (tertiary/aromatic N) is 1. The van der Waals surface area contributed by atoms with Gasteiger partial charge in [0, 0.05) is 22.6 Å². The molecule has 102 valence electrons. The lowest BCUT2D eigenvalue weighted by Crippen LogP contribution is -2.22. The third-order valence-corrected chi connectivity index (χ3v) is 4.65. The molecule has 0 aliphatic heterocycles. The molecule has 4 heteroatoms. The molecule has 2 N–H and O–H groups in total. The van der Waals surface area contributed by atoms with E-state index in [1.165, 1.54) is 16.1 Å². The molecule has 1 atom stereocenters. The van der Waals surface area contributed by atoms with Crippen molar-refractivity contribution >= 4 is 28.6 Å². The summed E-state index contributed by atoms with van der Waals surface area (Å²) in [5.41, 5.74) is 8.10. The highest BCUT2D eigenvalue weighted by atomic mass is 35.5. The molecule has 1 aromatic heterocycles. The van der Waals surface area contributed by atoms with Crippen molar-refractivity contribution in [3.05, 3.63) is 51.2 Å². The van der Waals surface area contributed by atoms with E-state index in [4.69, 9.17) is 17.3 Å². The van der Waals surface area contributed by atoms with Crippen molar-refractivity contribution in [3.63, 3.8) is 0 Å². The van der Waals surface area contributed by atoms with Crippen LogP contribution >= 0.6 is 22.9 Å². The lowest BCUT2D eigenvalue weighted by molar-refractivity contribution is 0.747. The predicted molar refractivity (Wildman–Crippen MR) is 85.3 cm³/mol. The summed E-state index contributed by atoms with van der Waals surface area (Å²) in [5.74, 6) is 0. The molecule has 1 heterocycles. The average Bonchev–Trinajstić information content (AvgIpc) is 2.91. The summed E-state index contributed by atoms with van der Waals surface area (Å²) in [6, 6.07) is 10.6. The van der Waals surface area contributed by atoms with Crippen molar-refractivity contribution in [1.82, 2.24) is 0 Å². The zero-order chi connectivity index (χ0) is 13.8. The molecule has 0 aliphatic carbocycles. The fraction of sp³-hybridized carbons (Fsp3) is 0.333. The number of nitrogens with two attached hydrogens (primary N) is 1. The molecule has 0 amide bonds. The minimum absolute atomic E-state index is 0.345. The van der Waals surface area contributed by atoms with Gasteiger partial charge < -0.3 is 10.6 Å². The van der Waals surface area contributed by atoms with Gasteiger partial charge in [0.2, 0.25) is 0 Å². The molecule has 0 radical (unpaired) electrons. The molecule has 1 unspecified atom stereocenters. The van der Waals surface area contributed by atoms with Gasteiger partial charge in [-0.25, -0.2) is 0 Å². The normalized spacial score (nSPS) is 12.4. The van der Waals surface area contributed by atoms with Crippen molar-refractivity contribution in [2.24, 2.45) is 5.73 Å². The van der Waals surface area contributed by atoms with Gasteiger partial charge in [-0.2, -0.15) is 0 Å². The van der Waals surface area contributed by atoms with E-state index in [2.05, 4.69) is 42.5 Å². The van der Waals surface area contributed by atoms with Crippen LogP contribution in [-0.4, -0.2) is 13.6 Å². The van der Waals surface area contributed by atoms with E-state index in [1.807, 2.05) is 12.1 Å². The zero-order valence-electron chi connectivity index (χ0n) is 11.3.